The van der Waals surface area contributed by atoms with Crippen molar-refractivity contribution in [2.45, 2.75) is 57.4 Å². The van der Waals surface area contributed by atoms with E-state index >= 15 is 0 Å². The largest absolute Gasteiger partial charge is 0.298 e. The molecule has 80 valence electrons. The third-order valence-electron chi connectivity index (χ3n) is 3.60. The summed E-state index contributed by atoms with van der Waals surface area (Å²) in [6.07, 6.45) is 9.53. The van der Waals surface area contributed by atoms with Crippen molar-refractivity contribution in [1.29, 1.82) is 0 Å². The lowest BCUT2D eigenvalue weighted by molar-refractivity contribution is -0.124. The van der Waals surface area contributed by atoms with Crippen molar-refractivity contribution in [1.82, 2.24) is 4.90 Å². The van der Waals surface area contributed by atoms with Gasteiger partial charge in [0.2, 0.25) is 0 Å². The molecular weight excluding hydrogens is 174 g/mol. The number of Topliss-reactive ketones (excluding diaryl/α,β-unsaturated/α-hetero) is 1. The number of rotatable bonds is 1. The second-order valence-corrected chi connectivity index (χ2v) is 4.68. The van der Waals surface area contributed by atoms with Gasteiger partial charge in [-0.05, 0) is 38.8 Å². The second-order valence-electron chi connectivity index (χ2n) is 4.68. The van der Waals surface area contributed by atoms with E-state index in [-0.39, 0.29) is 6.04 Å². The molecule has 14 heavy (non-hydrogen) atoms. The first-order valence-corrected chi connectivity index (χ1v) is 6.15. The van der Waals surface area contributed by atoms with Crippen LogP contribution in [0.2, 0.25) is 0 Å². The molecule has 0 aromatic carbocycles. The van der Waals surface area contributed by atoms with Crippen LogP contribution in [-0.4, -0.2) is 29.8 Å². The fourth-order valence-electron chi connectivity index (χ4n) is 2.76. The Hall–Kier alpha value is -0.370. The molecule has 0 amide bonds. The van der Waals surface area contributed by atoms with Crippen molar-refractivity contribution in [3.05, 3.63) is 0 Å². The molecule has 0 aromatic heterocycles. The van der Waals surface area contributed by atoms with Gasteiger partial charge >= 0.3 is 0 Å². The molecule has 0 N–H and O–H groups in total. The summed E-state index contributed by atoms with van der Waals surface area (Å²) in [5, 5.41) is 0. The molecule has 0 bridgehead atoms. The van der Waals surface area contributed by atoms with Gasteiger partial charge in [0.25, 0.3) is 0 Å². The first-order chi connectivity index (χ1) is 6.88. The lowest BCUT2D eigenvalue weighted by atomic mass is 9.95. The molecule has 0 radical (unpaired) electrons. The van der Waals surface area contributed by atoms with Crippen LogP contribution < -0.4 is 0 Å². The Kier molecular flexibility index (Phi) is 3.57. The molecule has 0 aromatic rings. The zero-order valence-corrected chi connectivity index (χ0v) is 9.00. The van der Waals surface area contributed by atoms with Crippen LogP contribution in [0.5, 0.6) is 0 Å². The maximum absolute atomic E-state index is 11.9. The Balaban J connectivity index is 1.94. The molecule has 2 aliphatic rings. The number of carbonyl (C=O) groups is 1. The minimum Gasteiger partial charge on any atom is -0.298 e. The van der Waals surface area contributed by atoms with E-state index in [9.17, 15) is 4.79 Å². The highest BCUT2D eigenvalue weighted by molar-refractivity contribution is 5.84. The molecule has 1 atom stereocenters. The van der Waals surface area contributed by atoms with Gasteiger partial charge in [0.05, 0.1) is 6.04 Å². The van der Waals surface area contributed by atoms with Crippen LogP contribution in [0.4, 0.5) is 0 Å². The first-order valence-electron chi connectivity index (χ1n) is 6.15. The monoisotopic (exact) mass is 195 g/mol. The second kappa shape index (κ2) is 4.92. The highest BCUT2D eigenvalue weighted by atomic mass is 16.1. The molecule has 1 saturated carbocycles. The smallest absolute Gasteiger partial charge is 0.149 e. The Morgan fingerprint density at radius 3 is 2.43 bits per heavy atom. The summed E-state index contributed by atoms with van der Waals surface area (Å²) >= 11 is 0. The molecular formula is C12H21NO. The molecule has 0 spiro atoms. The molecule has 1 heterocycles. The van der Waals surface area contributed by atoms with Gasteiger partial charge < -0.3 is 0 Å². The third-order valence-corrected chi connectivity index (χ3v) is 3.60. The summed E-state index contributed by atoms with van der Waals surface area (Å²) in [6.45, 7) is 2.33. The fourth-order valence-corrected chi connectivity index (χ4v) is 2.76. The highest BCUT2D eigenvalue weighted by Gasteiger charge is 2.27. The molecule has 1 unspecified atom stereocenters. The molecule has 1 saturated heterocycles. The average molecular weight is 195 g/mol. The Morgan fingerprint density at radius 2 is 1.64 bits per heavy atom. The summed E-state index contributed by atoms with van der Waals surface area (Å²) in [7, 11) is 0. The topological polar surface area (TPSA) is 20.3 Å². The average Bonchev–Trinajstić information content (AvgIpc) is 2.65. The molecule has 2 heteroatoms. The summed E-state index contributed by atoms with van der Waals surface area (Å²) in [5.41, 5.74) is 0. The molecule has 1 aliphatic heterocycles. The number of ketones is 1. The van der Waals surface area contributed by atoms with Crippen molar-refractivity contribution in [3.8, 4) is 0 Å². The lowest BCUT2D eigenvalue weighted by Gasteiger charge is -2.27. The summed E-state index contributed by atoms with van der Waals surface area (Å²) in [5.74, 6) is 0.520. The normalized spacial score (nSPS) is 31.4. The summed E-state index contributed by atoms with van der Waals surface area (Å²) < 4.78 is 0. The van der Waals surface area contributed by atoms with E-state index in [1.165, 1.54) is 32.1 Å². The Labute approximate surface area is 86.7 Å². The third kappa shape index (κ3) is 2.35. The van der Waals surface area contributed by atoms with Crippen molar-refractivity contribution >= 4 is 5.78 Å². The highest BCUT2D eigenvalue weighted by Crippen LogP contribution is 2.22. The van der Waals surface area contributed by atoms with Crippen LogP contribution in [0.3, 0.4) is 0 Å². The first kappa shape index (κ1) is 10.2. The molecule has 1 aliphatic carbocycles. The number of likely N-dealkylation sites (tertiary alicyclic amines) is 1. The van der Waals surface area contributed by atoms with Crippen LogP contribution >= 0.6 is 0 Å². The molecule has 2 fully saturated rings. The van der Waals surface area contributed by atoms with Crippen LogP contribution in [0, 0.1) is 0 Å². The van der Waals surface area contributed by atoms with Gasteiger partial charge in [0, 0.05) is 6.42 Å². The van der Waals surface area contributed by atoms with Crippen LogP contribution in [-0.2, 0) is 4.79 Å². The van der Waals surface area contributed by atoms with Gasteiger partial charge in [-0.25, -0.2) is 0 Å². The zero-order chi connectivity index (χ0) is 9.80. The van der Waals surface area contributed by atoms with Crippen molar-refractivity contribution in [2.24, 2.45) is 0 Å². The predicted molar refractivity (Wildman–Crippen MR) is 57.3 cm³/mol. The Morgan fingerprint density at radius 1 is 0.929 bits per heavy atom. The quantitative estimate of drug-likeness (QED) is 0.640. The van der Waals surface area contributed by atoms with E-state index in [4.69, 9.17) is 0 Å². The standard InChI is InChI=1S/C12H21NO/c14-12-8-4-2-1-3-7-11(12)13-9-5-6-10-13/h11H,1-10H2. The van der Waals surface area contributed by atoms with Crippen molar-refractivity contribution in [3.63, 3.8) is 0 Å². The number of carbonyl (C=O) groups excluding carboxylic acids is 1. The maximum atomic E-state index is 11.9. The van der Waals surface area contributed by atoms with Gasteiger partial charge in [-0.1, -0.05) is 19.3 Å². The maximum Gasteiger partial charge on any atom is 0.149 e. The molecule has 2 nitrogen and oxygen atoms in total. The van der Waals surface area contributed by atoms with Gasteiger partial charge in [-0.15, -0.1) is 0 Å². The zero-order valence-electron chi connectivity index (χ0n) is 9.00. The van der Waals surface area contributed by atoms with E-state index in [0.717, 1.165) is 32.4 Å². The number of nitrogens with zero attached hydrogens (tertiary/aromatic N) is 1. The summed E-state index contributed by atoms with van der Waals surface area (Å²) in [6, 6.07) is 0.290. The van der Waals surface area contributed by atoms with Gasteiger partial charge in [0.15, 0.2) is 0 Å². The van der Waals surface area contributed by atoms with Crippen LogP contribution in [0.1, 0.15) is 51.4 Å². The van der Waals surface area contributed by atoms with Crippen molar-refractivity contribution < 1.29 is 4.79 Å². The Bertz CT molecular complexity index is 196. The van der Waals surface area contributed by atoms with E-state index in [1.54, 1.807) is 0 Å². The van der Waals surface area contributed by atoms with Gasteiger partial charge in [-0.2, -0.15) is 0 Å². The van der Waals surface area contributed by atoms with Gasteiger partial charge in [0.1, 0.15) is 5.78 Å². The van der Waals surface area contributed by atoms with E-state index in [2.05, 4.69) is 4.90 Å². The fraction of sp³-hybridized carbons (Fsp3) is 0.917. The van der Waals surface area contributed by atoms with Crippen LogP contribution in [0.25, 0.3) is 0 Å². The number of hydrogen-bond donors (Lipinski definition) is 0. The molecule has 2 rings (SSSR count). The minimum absolute atomic E-state index is 0.290. The van der Waals surface area contributed by atoms with Gasteiger partial charge in [-0.3, -0.25) is 9.69 Å². The van der Waals surface area contributed by atoms with E-state index in [0.29, 0.717) is 5.78 Å². The van der Waals surface area contributed by atoms with Crippen molar-refractivity contribution in [2.75, 3.05) is 13.1 Å². The van der Waals surface area contributed by atoms with E-state index < -0.39 is 0 Å². The van der Waals surface area contributed by atoms with Crippen LogP contribution in [0.15, 0.2) is 0 Å². The lowest BCUT2D eigenvalue weighted by Crippen LogP contribution is -2.39. The summed E-state index contributed by atoms with van der Waals surface area (Å²) in [4.78, 5) is 14.3. The predicted octanol–water partition coefficient (Wildman–Crippen LogP) is 2.37. The van der Waals surface area contributed by atoms with E-state index in [1.807, 2.05) is 0 Å². The SMILES string of the molecule is O=C1CCCCCCC1N1CCCC1. The number of hydrogen-bond acceptors (Lipinski definition) is 2. The minimum atomic E-state index is 0.290.